The van der Waals surface area contributed by atoms with Gasteiger partial charge in [0.15, 0.2) is 9.84 Å². The smallest absolute Gasteiger partial charge is 0.356 e. The molecule has 0 amide bonds. The van der Waals surface area contributed by atoms with E-state index < -0.39 is 21.5 Å². The first-order valence-corrected chi connectivity index (χ1v) is 13.4. The topological polar surface area (TPSA) is 138 Å². The number of aromatic nitrogens is 2. The summed E-state index contributed by atoms with van der Waals surface area (Å²) in [7, 11) is -3.46. The number of allylic oxidation sites excluding steroid dienone is 1. The molecule has 3 rings (SSSR count). The Morgan fingerprint density at radius 1 is 1.21 bits per heavy atom. The minimum absolute atomic E-state index is 0.000330. The molecule has 3 aromatic rings. The molecular weight excluding hydrogens is 523 g/mol. The number of hydrogen-bond acceptors (Lipinski definition) is 10. The van der Waals surface area contributed by atoms with E-state index in [-0.39, 0.29) is 33.4 Å². The van der Waals surface area contributed by atoms with E-state index in [1.165, 1.54) is 23.9 Å². The van der Waals surface area contributed by atoms with Crippen LogP contribution in [0.3, 0.4) is 0 Å². The molecule has 2 aromatic carbocycles. The summed E-state index contributed by atoms with van der Waals surface area (Å²) in [5, 5.41) is 7.94. The molecule has 0 fully saturated rings. The largest absolute Gasteiger partial charge is 0.450 e. The van der Waals surface area contributed by atoms with Crippen molar-refractivity contribution in [2.75, 3.05) is 18.5 Å². The number of hydrogen-bond donors (Lipinski definition) is 1. The number of nitrogens with zero attached hydrogens (tertiary/aromatic N) is 3. The van der Waals surface area contributed by atoms with Crippen molar-refractivity contribution < 1.29 is 22.4 Å². The fraction of sp³-hybridized carbons (Fsp3) is 0.143. The Bertz CT molecular complexity index is 1390. The Labute approximate surface area is 209 Å². The Morgan fingerprint density at radius 3 is 2.62 bits per heavy atom. The molecule has 0 aliphatic heterocycles. The predicted octanol–water partition coefficient (Wildman–Crippen LogP) is 4.19. The lowest BCUT2D eigenvalue weighted by Gasteiger charge is -2.07. The van der Waals surface area contributed by atoms with Gasteiger partial charge in [-0.25, -0.2) is 18.2 Å². The van der Waals surface area contributed by atoms with E-state index in [4.69, 9.17) is 38.1 Å². The fourth-order valence-corrected chi connectivity index (χ4v) is 3.83. The molecule has 0 aliphatic carbocycles. The van der Waals surface area contributed by atoms with Crippen LogP contribution in [0.2, 0.25) is 5.02 Å². The highest BCUT2D eigenvalue weighted by molar-refractivity contribution is 7.98. The van der Waals surface area contributed by atoms with Crippen molar-refractivity contribution in [3.8, 4) is 11.5 Å². The van der Waals surface area contributed by atoms with E-state index in [0.29, 0.717) is 16.3 Å². The highest BCUT2D eigenvalue weighted by atomic mass is 35.5. The third-order valence-corrected chi connectivity index (χ3v) is 6.36. The van der Waals surface area contributed by atoms with Crippen LogP contribution in [0.25, 0.3) is 11.5 Å². The number of para-hydroxylation sites is 1. The highest BCUT2D eigenvalue weighted by Crippen LogP contribution is 2.29. The van der Waals surface area contributed by atoms with Crippen molar-refractivity contribution in [3.05, 3.63) is 70.2 Å². The first kappa shape index (κ1) is 25.8. The number of ether oxygens (including phenoxy) is 1. The van der Waals surface area contributed by atoms with E-state index in [2.05, 4.69) is 15.2 Å². The lowest BCUT2D eigenvalue weighted by Crippen LogP contribution is -2.19. The van der Waals surface area contributed by atoms with Gasteiger partial charge >= 0.3 is 5.97 Å². The van der Waals surface area contributed by atoms with Gasteiger partial charge in [0.25, 0.3) is 5.89 Å². The summed E-state index contributed by atoms with van der Waals surface area (Å²) >= 11 is 13.9. The second-order valence-corrected chi connectivity index (χ2v) is 10.3. The van der Waals surface area contributed by atoms with E-state index in [1.807, 2.05) is 0 Å². The van der Waals surface area contributed by atoms with Crippen molar-refractivity contribution >= 4 is 62.2 Å². The molecule has 13 heteroatoms. The van der Waals surface area contributed by atoms with Crippen molar-refractivity contribution in [3.63, 3.8) is 0 Å². The molecule has 0 atom stereocenters. The molecule has 0 bridgehead atoms. The third-order valence-electron chi connectivity index (χ3n) is 4.19. The maximum Gasteiger partial charge on any atom is 0.356 e. The molecule has 178 valence electrons. The van der Waals surface area contributed by atoms with Crippen molar-refractivity contribution in [1.82, 2.24) is 10.2 Å². The molecule has 0 saturated carbocycles. The van der Waals surface area contributed by atoms with Crippen LogP contribution in [-0.2, 0) is 19.4 Å². The predicted molar refractivity (Wildman–Crippen MR) is 132 cm³/mol. The zero-order valence-corrected chi connectivity index (χ0v) is 21.0. The average molecular weight is 541 g/mol. The number of carbonyl (C=O) groups is 1. The minimum atomic E-state index is -3.46. The van der Waals surface area contributed by atoms with Gasteiger partial charge in [-0.3, -0.25) is 0 Å². The fourth-order valence-electron chi connectivity index (χ4n) is 2.56. The van der Waals surface area contributed by atoms with Gasteiger partial charge in [0, 0.05) is 11.8 Å². The standard InChI is InChI=1S/C21H18Cl2N4O5S2/c1-33-11-31-21(28)17(24)16(23)18(25-15-9-4-3-8-14(15)22)20-27-26-19(32-20)12-6-5-7-13(10-12)34(2,29)30/h3-10H,11,24H2,1-2H3/b17-16+,25-18?. The molecule has 1 heterocycles. The number of sulfone groups is 1. The molecule has 1 aromatic heterocycles. The lowest BCUT2D eigenvalue weighted by atomic mass is 10.2. The lowest BCUT2D eigenvalue weighted by molar-refractivity contribution is -0.136. The van der Waals surface area contributed by atoms with Crippen LogP contribution in [0.1, 0.15) is 5.89 Å². The van der Waals surface area contributed by atoms with E-state index in [9.17, 15) is 13.2 Å². The number of thioether (sulfide) groups is 1. The van der Waals surface area contributed by atoms with Crippen LogP contribution in [0.4, 0.5) is 5.69 Å². The van der Waals surface area contributed by atoms with Crippen LogP contribution in [0, 0.1) is 0 Å². The van der Waals surface area contributed by atoms with Gasteiger partial charge in [-0.2, -0.15) is 0 Å². The molecule has 0 unspecified atom stereocenters. The Kier molecular flexibility index (Phi) is 8.37. The van der Waals surface area contributed by atoms with Gasteiger partial charge < -0.3 is 14.9 Å². The van der Waals surface area contributed by atoms with E-state index in [0.717, 1.165) is 6.26 Å². The zero-order chi connectivity index (χ0) is 24.9. The molecule has 2 N–H and O–H groups in total. The summed E-state index contributed by atoms with van der Waals surface area (Å²) in [6.07, 6.45) is 2.83. The number of aliphatic imine (C=N–C) groups is 1. The van der Waals surface area contributed by atoms with Crippen LogP contribution in [0.5, 0.6) is 0 Å². The van der Waals surface area contributed by atoms with Crippen molar-refractivity contribution in [1.29, 1.82) is 0 Å². The van der Waals surface area contributed by atoms with Crippen LogP contribution >= 0.6 is 35.0 Å². The number of rotatable bonds is 8. The van der Waals surface area contributed by atoms with Gasteiger partial charge in [-0.1, -0.05) is 41.4 Å². The SMILES string of the molecule is CSCOC(=O)/C(N)=C(\Cl)C(=Nc1ccccc1Cl)c1nnc(-c2cccc(S(C)(=O)=O)c2)o1. The molecule has 34 heavy (non-hydrogen) atoms. The maximum absolute atomic E-state index is 12.2. The van der Waals surface area contributed by atoms with Crippen LogP contribution in [-0.4, -0.2) is 48.7 Å². The Balaban J connectivity index is 2.11. The number of nitrogens with two attached hydrogens (primary N) is 1. The average Bonchev–Trinajstić information content (AvgIpc) is 3.30. The maximum atomic E-state index is 12.2. The first-order chi connectivity index (χ1) is 16.1. The normalized spacial score (nSPS) is 12.9. The van der Waals surface area contributed by atoms with Gasteiger partial charge in [-0.05, 0) is 36.6 Å². The summed E-state index contributed by atoms with van der Waals surface area (Å²) < 4.78 is 34.5. The Hall–Kier alpha value is -2.86. The van der Waals surface area contributed by atoms with Crippen molar-refractivity contribution in [2.24, 2.45) is 10.7 Å². The van der Waals surface area contributed by atoms with Gasteiger partial charge in [0.2, 0.25) is 5.89 Å². The van der Waals surface area contributed by atoms with Gasteiger partial charge in [-0.15, -0.1) is 22.0 Å². The van der Waals surface area contributed by atoms with Gasteiger partial charge in [0.1, 0.15) is 22.4 Å². The molecule has 0 saturated heterocycles. The van der Waals surface area contributed by atoms with E-state index in [1.54, 1.807) is 42.7 Å². The molecule has 9 nitrogen and oxygen atoms in total. The summed E-state index contributed by atoms with van der Waals surface area (Å²) in [6, 6.07) is 12.6. The highest BCUT2D eigenvalue weighted by Gasteiger charge is 2.24. The van der Waals surface area contributed by atoms with Crippen LogP contribution in [0.15, 0.2) is 73.6 Å². The zero-order valence-electron chi connectivity index (χ0n) is 17.9. The first-order valence-electron chi connectivity index (χ1n) is 9.41. The summed E-state index contributed by atoms with van der Waals surface area (Å²) in [4.78, 5) is 16.7. The number of benzene rings is 2. The monoisotopic (exact) mass is 540 g/mol. The molecule has 0 radical (unpaired) electrons. The summed E-state index contributed by atoms with van der Waals surface area (Å²) in [6.45, 7) is 0. The summed E-state index contributed by atoms with van der Waals surface area (Å²) in [5.41, 5.74) is 6.04. The second-order valence-electron chi connectivity index (χ2n) is 6.69. The quantitative estimate of drug-likeness (QED) is 0.193. The van der Waals surface area contributed by atoms with E-state index >= 15 is 0 Å². The number of carbonyl (C=O) groups excluding carboxylic acids is 1. The third kappa shape index (κ3) is 6.17. The van der Waals surface area contributed by atoms with Gasteiger partial charge in [0.05, 0.1) is 15.6 Å². The molecule has 0 aliphatic rings. The summed E-state index contributed by atoms with van der Waals surface area (Å²) in [5.74, 6) is -0.959. The number of halogens is 2. The Morgan fingerprint density at radius 2 is 1.94 bits per heavy atom. The molecular formula is C21H18Cl2N4O5S2. The minimum Gasteiger partial charge on any atom is -0.450 e. The second kappa shape index (κ2) is 11.0. The van der Waals surface area contributed by atoms with Crippen LogP contribution < -0.4 is 5.73 Å². The number of esters is 1. The van der Waals surface area contributed by atoms with Crippen molar-refractivity contribution in [2.45, 2.75) is 4.90 Å². The molecule has 0 spiro atoms.